The third-order valence-corrected chi connectivity index (χ3v) is 1.41. The number of isocyanates is 1. The highest BCUT2D eigenvalue weighted by Crippen LogP contribution is 2.19. The van der Waals surface area contributed by atoms with Crippen molar-refractivity contribution >= 4 is 17.7 Å². The van der Waals surface area contributed by atoms with Gasteiger partial charge in [0.2, 0.25) is 6.08 Å². The topological polar surface area (TPSA) is 72.5 Å². The van der Waals surface area contributed by atoms with Gasteiger partial charge in [-0.3, -0.25) is 4.79 Å². The van der Waals surface area contributed by atoms with Gasteiger partial charge in [-0.1, -0.05) is 6.07 Å². The predicted octanol–water partition coefficient (Wildman–Crippen LogP) is 0.892. The normalized spacial score (nSPS) is 9.00. The van der Waals surface area contributed by atoms with E-state index in [4.69, 9.17) is 5.73 Å². The summed E-state index contributed by atoms with van der Waals surface area (Å²) >= 11 is 0. The lowest BCUT2D eigenvalue weighted by atomic mass is 10.2. The number of carbonyl (C=O) groups is 1. The molecule has 0 spiro atoms. The van der Waals surface area contributed by atoms with Crippen LogP contribution in [0.25, 0.3) is 0 Å². The zero-order chi connectivity index (χ0) is 9.84. The molecule has 0 saturated carbocycles. The Bertz CT molecular complexity index is 377. The van der Waals surface area contributed by atoms with Gasteiger partial charge in [-0.2, -0.15) is 4.99 Å². The fraction of sp³-hybridized carbons (Fsp3) is 0. The Labute approximate surface area is 72.9 Å². The lowest BCUT2D eigenvalue weighted by Gasteiger charge is -1.98. The van der Waals surface area contributed by atoms with Gasteiger partial charge in [0.25, 0.3) is 5.91 Å². The molecule has 0 aliphatic heterocycles. The van der Waals surface area contributed by atoms with Crippen molar-refractivity contribution in [3.63, 3.8) is 0 Å². The van der Waals surface area contributed by atoms with Crippen LogP contribution in [0.2, 0.25) is 0 Å². The summed E-state index contributed by atoms with van der Waals surface area (Å²) in [6, 6.07) is 3.83. The Morgan fingerprint density at radius 1 is 1.54 bits per heavy atom. The van der Waals surface area contributed by atoms with Crippen LogP contribution in [0, 0.1) is 5.82 Å². The Hall–Kier alpha value is -2.00. The minimum atomic E-state index is -0.904. The molecule has 5 heteroatoms. The van der Waals surface area contributed by atoms with Crippen LogP contribution in [0.15, 0.2) is 23.2 Å². The van der Waals surface area contributed by atoms with Crippen molar-refractivity contribution in [3.05, 3.63) is 29.6 Å². The van der Waals surface area contributed by atoms with E-state index in [1.807, 2.05) is 0 Å². The number of aliphatic imine (C=N–C) groups is 1. The van der Waals surface area contributed by atoms with Crippen LogP contribution in [0.1, 0.15) is 10.4 Å². The molecule has 13 heavy (non-hydrogen) atoms. The number of carbonyl (C=O) groups excluding carboxylic acids is 2. The number of rotatable bonds is 2. The number of nitrogens with two attached hydrogens (primary N) is 1. The minimum absolute atomic E-state index is 0.244. The number of amides is 1. The van der Waals surface area contributed by atoms with Gasteiger partial charge in [0.15, 0.2) is 5.82 Å². The van der Waals surface area contributed by atoms with Gasteiger partial charge < -0.3 is 5.73 Å². The summed E-state index contributed by atoms with van der Waals surface area (Å²) in [7, 11) is 0. The van der Waals surface area contributed by atoms with Crippen molar-refractivity contribution in [1.29, 1.82) is 0 Å². The summed E-state index contributed by atoms with van der Waals surface area (Å²) in [5.41, 5.74) is 4.32. The fourth-order valence-electron chi connectivity index (χ4n) is 0.846. The van der Waals surface area contributed by atoms with E-state index in [0.717, 1.165) is 0 Å². The number of halogens is 1. The first-order valence-electron chi connectivity index (χ1n) is 3.33. The van der Waals surface area contributed by atoms with Crippen LogP contribution in [-0.4, -0.2) is 12.0 Å². The Balaban J connectivity index is 3.34. The monoisotopic (exact) mass is 180 g/mol. The first-order chi connectivity index (χ1) is 6.16. The number of nitrogens with zero attached hydrogens (tertiary/aromatic N) is 1. The van der Waals surface area contributed by atoms with E-state index in [0.29, 0.717) is 0 Å². The molecule has 1 amide bonds. The summed E-state index contributed by atoms with van der Waals surface area (Å²) in [5, 5.41) is 0. The van der Waals surface area contributed by atoms with Crippen molar-refractivity contribution < 1.29 is 14.0 Å². The Morgan fingerprint density at radius 3 is 2.77 bits per heavy atom. The van der Waals surface area contributed by atoms with Crippen LogP contribution < -0.4 is 5.73 Å². The standard InChI is InChI=1S/C8H5FN2O2/c9-7-5(8(10)13)2-1-3-6(7)11-4-12/h1-3H,(H2,10,13). The second kappa shape index (κ2) is 3.60. The van der Waals surface area contributed by atoms with Crippen LogP contribution >= 0.6 is 0 Å². The first-order valence-corrected chi connectivity index (χ1v) is 3.33. The molecular weight excluding hydrogens is 175 g/mol. The molecule has 0 aromatic heterocycles. The second-order valence-corrected chi connectivity index (χ2v) is 2.21. The van der Waals surface area contributed by atoms with E-state index in [-0.39, 0.29) is 11.3 Å². The molecule has 0 aliphatic carbocycles. The molecule has 0 saturated heterocycles. The molecule has 0 heterocycles. The molecule has 0 unspecified atom stereocenters. The molecule has 66 valence electrons. The molecule has 2 N–H and O–H groups in total. The van der Waals surface area contributed by atoms with Gasteiger partial charge >= 0.3 is 0 Å². The molecule has 0 radical (unpaired) electrons. The lowest BCUT2D eigenvalue weighted by Crippen LogP contribution is -2.12. The van der Waals surface area contributed by atoms with E-state index in [1.165, 1.54) is 24.3 Å². The highest BCUT2D eigenvalue weighted by molar-refractivity contribution is 5.94. The molecular formula is C8H5FN2O2. The zero-order valence-corrected chi connectivity index (χ0v) is 6.45. The summed E-state index contributed by atoms with van der Waals surface area (Å²) < 4.78 is 13.1. The number of hydrogen-bond donors (Lipinski definition) is 1. The summed E-state index contributed by atoms with van der Waals surface area (Å²) in [5.74, 6) is -1.81. The predicted molar refractivity (Wildman–Crippen MR) is 42.7 cm³/mol. The van der Waals surface area contributed by atoms with Crippen LogP contribution in [0.5, 0.6) is 0 Å². The highest BCUT2D eigenvalue weighted by atomic mass is 19.1. The molecule has 0 bridgehead atoms. The van der Waals surface area contributed by atoms with Gasteiger partial charge in [-0.15, -0.1) is 0 Å². The summed E-state index contributed by atoms with van der Waals surface area (Å²) in [4.78, 5) is 23.5. The lowest BCUT2D eigenvalue weighted by molar-refractivity contribution is 0.0996. The van der Waals surface area contributed by atoms with Gasteiger partial charge in [-0.25, -0.2) is 9.18 Å². The average molecular weight is 180 g/mol. The van der Waals surface area contributed by atoms with E-state index in [1.54, 1.807) is 0 Å². The minimum Gasteiger partial charge on any atom is -0.366 e. The third kappa shape index (κ3) is 1.77. The average Bonchev–Trinajstić information content (AvgIpc) is 2.08. The molecule has 4 nitrogen and oxygen atoms in total. The molecule has 0 fully saturated rings. The highest BCUT2D eigenvalue weighted by Gasteiger charge is 2.11. The molecule has 0 atom stereocenters. The van der Waals surface area contributed by atoms with Crippen molar-refractivity contribution in [3.8, 4) is 0 Å². The first kappa shape index (κ1) is 9.09. The maximum Gasteiger partial charge on any atom is 0.251 e. The van der Waals surface area contributed by atoms with Gasteiger partial charge in [0.1, 0.15) is 5.69 Å². The number of hydrogen-bond acceptors (Lipinski definition) is 3. The summed E-state index contributed by atoms with van der Waals surface area (Å²) in [6.07, 6.45) is 1.17. The zero-order valence-electron chi connectivity index (χ0n) is 6.45. The van der Waals surface area contributed by atoms with Gasteiger partial charge in [0.05, 0.1) is 5.56 Å². The smallest absolute Gasteiger partial charge is 0.251 e. The fourth-order valence-corrected chi connectivity index (χ4v) is 0.846. The third-order valence-electron chi connectivity index (χ3n) is 1.41. The van der Waals surface area contributed by atoms with Crippen LogP contribution in [0.3, 0.4) is 0 Å². The Kier molecular flexibility index (Phi) is 2.52. The van der Waals surface area contributed by atoms with Crippen LogP contribution in [0.4, 0.5) is 10.1 Å². The maximum absolute atomic E-state index is 13.1. The number of benzene rings is 1. The Morgan fingerprint density at radius 2 is 2.23 bits per heavy atom. The molecule has 1 aromatic rings. The van der Waals surface area contributed by atoms with Crippen molar-refractivity contribution in [1.82, 2.24) is 0 Å². The molecule has 1 aromatic carbocycles. The van der Waals surface area contributed by atoms with Crippen molar-refractivity contribution in [2.24, 2.45) is 10.7 Å². The number of primary amides is 1. The quantitative estimate of drug-likeness (QED) is 0.542. The maximum atomic E-state index is 13.1. The van der Waals surface area contributed by atoms with Crippen LogP contribution in [-0.2, 0) is 4.79 Å². The van der Waals surface area contributed by atoms with Crippen molar-refractivity contribution in [2.75, 3.05) is 0 Å². The second-order valence-electron chi connectivity index (χ2n) is 2.21. The van der Waals surface area contributed by atoms with Gasteiger partial charge in [-0.05, 0) is 12.1 Å². The van der Waals surface area contributed by atoms with Crippen molar-refractivity contribution in [2.45, 2.75) is 0 Å². The SMILES string of the molecule is NC(=O)c1cccc(N=C=O)c1F. The molecule has 1 rings (SSSR count). The van der Waals surface area contributed by atoms with E-state index < -0.39 is 11.7 Å². The molecule has 0 aliphatic rings. The van der Waals surface area contributed by atoms with E-state index in [9.17, 15) is 14.0 Å². The largest absolute Gasteiger partial charge is 0.366 e. The van der Waals surface area contributed by atoms with E-state index in [2.05, 4.69) is 4.99 Å². The van der Waals surface area contributed by atoms with E-state index >= 15 is 0 Å². The van der Waals surface area contributed by atoms with Gasteiger partial charge in [0, 0.05) is 0 Å². The summed E-state index contributed by atoms with van der Waals surface area (Å²) in [6.45, 7) is 0.